The molecule has 1 atom stereocenters. The lowest BCUT2D eigenvalue weighted by Gasteiger charge is -2.27. The second-order valence-electron chi connectivity index (χ2n) is 9.52. The van der Waals surface area contributed by atoms with Gasteiger partial charge in [-0.3, -0.25) is 14.5 Å². The lowest BCUT2D eigenvalue weighted by atomic mass is 9.93. The number of amides is 1. The van der Waals surface area contributed by atoms with Crippen molar-refractivity contribution in [2.24, 2.45) is 0 Å². The van der Waals surface area contributed by atoms with Crippen LogP contribution in [-0.2, 0) is 9.59 Å². The third-order valence-electron chi connectivity index (χ3n) is 6.61. The quantitative estimate of drug-likeness (QED) is 0.237. The summed E-state index contributed by atoms with van der Waals surface area (Å²) in [6.45, 7) is 9.89. The molecule has 198 valence electrons. The molecule has 1 fully saturated rings. The number of methoxy groups -OCH3 is 2. The number of hydrogen-bond acceptors (Lipinski definition) is 6. The first-order valence-corrected chi connectivity index (χ1v) is 12.5. The molecule has 0 aromatic heterocycles. The first-order chi connectivity index (χ1) is 18.1. The van der Waals surface area contributed by atoms with Crippen molar-refractivity contribution in [3.8, 4) is 17.2 Å². The zero-order valence-corrected chi connectivity index (χ0v) is 22.8. The molecular formula is C31H33NO6. The normalized spacial score (nSPS) is 16.6. The van der Waals surface area contributed by atoms with E-state index in [0.29, 0.717) is 40.7 Å². The van der Waals surface area contributed by atoms with E-state index in [2.05, 4.69) is 0 Å². The first-order valence-electron chi connectivity index (χ1n) is 12.5. The Hall–Kier alpha value is -4.26. The van der Waals surface area contributed by atoms with E-state index in [-0.39, 0.29) is 11.3 Å². The number of carbonyl (C=O) groups is 2. The predicted octanol–water partition coefficient (Wildman–Crippen LogP) is 5.96. The Morgan fingerprint density at radius 1 is 0.868 bits per heavy atom. The van der Waals surface area contributed by atoms with Gasteiger partial charge in [0.05, 0.1) is 38.0 Å². The number of benzene rings is 3. The summed E-state index contributed by atoms with van der Waals surface area (Å²) in [5.74, 6) is -0.357. The minimum atomic E-state index is -0.910. The van der Waals surface area contributed by atoms with Gasteiger partial charge in [-0.25, -0.2) is 0 Å². The van der Waals surface area contributed by atoms with Crippen molar-refractivity contribution in [3.63, 3.8) is 0 Å². The second-order valence-corrected chi connectivity index (χ2v) is 9.52. The number of carbonyl (C=O) groups excluding carboxylic acids is 2. The van der Waals surface area contributed by atoms with Gasteiger partial charge in [-0.1, -0.05) is 18.2 Å². The number of anilines is 1. The van der Waals surface area contributed by atoms with Gasteiger partial charge >= 0.3 is 0 Å². The van der Waals surface area contributed by atoms with Crippen LogP contribution in [0.15, 0.2) is 54.1 Å². The Balaban J connectivity index is 2.05. The highest BCUT2D eigenvalue weighted by atomic mass is 16.5. The Morgan fingerprint density at radius 3 is 2.13 bits per heavy atom. The molecule has 0 saturated carbocycles. The maximum atomic E-state index is 13.7. The molecule has 0 aliphatic carbocycles. The van der Waals surface area contributed by atoms with E-state index in [1.54, 1.807) is 31.4 Å². The Labute approximate surface area is 223 Å². The summed E-state index contributed by atoms with van der Waals surface area (Å²) in [5, 5.41) is 11.7. The Bertz CT molecular complexity index is 1430. The van der Waals surface area contributed by atoms with Crippen LogP contribution in [0.3, 0.4) is 0 Å². The van der Waals surface area contributed by atoms with Gasteiger partial charge in [-0.2, -0.15) is 0 Å². The molecule has 1 saturated heterocycles. The molecule has 1 aliphatic rings. The van der Waals surface area contributed by atoms with Crippen LogP contribution in [0.4, 0.5) is 5.69 Å². The number of Topliss-reactive ketones (excluding diaryl/α,β-unsaturated/α-hetero) is 1. The fraction of sp³-hybridized carbons (Fsp3) is 0.290. The topological polar surface area (TPSA) is 85.3 Å². The van der Waals surface area contributed by atoms with Gasteiger partial charge in [-0.15, -0.1) is 0 Å². The zero-order chi connectivity index (χ0) is 27.7. The average Bonchev–Trinajstić information content (AvgIpc) is 3.13. The lowest BCUT2D eigenvalue weighted by molar-refractivity contribution is -0.132. The van der Waals surface area contributed by atoms with Gasteiger partial charge < -0.3 is 19.3 Å². The Kier molecular flexibility index (Phi) is 7.49. The number of rotatable bonds is 7. The molecule has 0 spiro atoms. The van der Waals surface area contributed by atoms with Crippen molar-refractivity contribution in [2.45, 2.75) is 40.7 Å². The fourth-order valence-corrected chi connectivity index (χ4v) is 5.18. The average molecular weight is 516 g/mol. The van der Waals surface area contributed by atoms with Crippen molar-refractivity contribution >= 4 is 23.1 Å². The van der Waals surface area contributed by atoms with Crippen molar-refractivity contribution < 1.29 is 28.9 Å². The minimum Gasteiger partial charge on any atom is -0.507 e. The third kappa shape index (κ3) is 4.72. The zero-order valence-electron chi connectivity index (χ0n) is 22.8. The molecule has 1 amide bonds. The van der Waals surface area contributed by atoms with Crippen LogP contribution in [0.25, 0.3) is 5.76 Å². The van der Waals surface area contributed by atoms with Crippen molar-refractivity contribution in [1.82, 2.24) is 0 Å². The maximum absolute atomic E-state index is 13.7. The van der Waals surface area contributed by atoms with E-state index in [1.807, 2.05) is 58.9 Å². The monoisotopic (exact) mass is 515 g/mol. The molecule has 3 aromatic carbocycles. The summed E-state index contributed by atoms with van der Waals surface area (Å²) in [6.07, 6.45) is 0. The predicted molar refractivity (Wildman–Crippen MR) is 147 cm³/mol. The largest absolute Gasteiger partial charge is 0.507 e. The van der Waals surface area contributed by atoms with E-state index < -0.39 is 17.7 Å². The van der Waals surface area contributed by atoms with Gasteiger partial charge in [0.2, 0.25) is 0 Å². The molecule has 1 N–H and O–H groups in total. The van der Waals surface area contributed by atoms with Gasteiger partial charge in [0.1, 0.15) is 11.5 Å². The van der Waals surface area contributed by atoms with Gasteiger partial charge in [0.25, 0.3) is 11.7 Å². The van der Waals surface area contributed by atoms with E-state index in [9.17, 15) is 14.7 Å². The third-order valence-corrected chi connectivity index (χ3v) is 6.61. The number of aryl methyl sites for hydroxylation is 4. The number of ketones is 1. The van der Waals surface area contributed by atoms with Gasteiger partial charge in [-0.05, 0) is 92.8 Å². The number of hydrogen-bond donors (Lipinski definition) is 1. The molecule has 1 aliphatic heterocycles. The smallest absolute Gasteiger partial charge is 0.300 e. The van der Waals surface area contributed by atoms with E-state index in [1.165, 1.54) is 12.0 Å². The minimum absolute atomic E-state index is 0.0231. The van der Waals surface area contributed by atoms with E-state index >= 15 is 0 Å². The number of nitrogens with zero attached hydrogens (tertiary/aromatic N) is 1. The summed E-state index contributed by atoms with van der Waals surface area (Å²) < 4.78 is 16.8. The SMILES string of the molecule is CCOc1cc(C2/C(=C(\O)c3cc(C)cc(C)c3OC)C(=O)C(=O)N2c2cc(C)cc(C)c2)ccc1OC. The highest BCUT2D eigenvalue weighted by molar-refractivity contribution is 6.51. The molecule has 3 aromatic rings. The molecule has 7 heteroatoms. The molecule has 1 heterocycles. The highest BCUT2D eigenvalue weighted by Gasteiger charge is 2.47. The van der Waals surface area contributed by atoms with Crippen LogP contribution in [0.1, 0.15) is 46.3 Å². The number of aliphatic hydroxyl groups is 1. The Morgan fingerprint density at radius 2 is 1.53 bits per heavy atom. The molecule has 38 heavy (non-hydrogen) atoms. The standard InChI is InChI=1S/C31H33NO6/c1-8-38-25-16-21(9-10-24(25)36-6)27-26(28(33)23-15-19(4)12-20(5)30(23)37-7)29(34)31(35)32(27)22-13-17(2)11-18(3)14-22/h9-16,27,33H,8H2,1-7H3/b28-26+. The van der Waals surface area contributed by atoms with Crippen LogP contribution in [0, 0.1) is 27.7 Å². The number of aliphatic hydroxyl groups excluding tert-OH is 1. The van der Waals surface area contributed by atoms with E-state index in [0.717, 1.165) is 22.3 Å². The second kappa shape index (κ2) is 10.6. The van der Waals surface area contributed by atoms with Crippen molar-refractivity contribution in [1.29, 1.82) is 0 Å². The van der Waals surface area contributed by atoms with Gasteiger partial charge in [0, 0.05) is 5.69 Å². The summed E-state index contributed by atoms with van der Waals surface area (Å²) in [6, 6.07) is 13.7. The fourth-order valence-electron chi connectivity index (χ4n) is 5.18. The van der Waals surface area contributed by atoms with Crippen molar-refractivity contribution in [3.05, 3.63) is 87.5 Å². The van der Waals surface area contributed by atoms with Gasteiger partial charge in [0.15, 0.2) is 11.5 Å². The lowest BCUT2D eigenvalue weighted by Crippen LogP contribution is -2.29. The molecule has 0 radical (unpaired) electrons. The summed E-state index contributed by atoms with van der Waals surface area (Å²) in [5.41, 5.74) is 5.07. The molecule has 0 bridgehead atoms. The van der Waals surface area contributed by atoms with Crippen LogP contribution < -0.4 is 19.1 Å². The molecular weight excluding hydrogens is 482 g/mol. The molecule has 4 rings (SSSR count). The highest BCUT2D eigenvalue weighted by Crippen LogP contribution is 2.45. The molecule has 1 unspecified atom stereocenters. The number of ether oxygens (including phenoxy) is 3. The van der Waals surface area contributed by atoms with Crippen LogP contribution in [-0.4, -0.2) is 37.6 Å². The summed E-state index contributed by atoms with van der Waals surface area (Å²) in [4.78, 5) is 28.7. The summed E-state index contributed by atoms with van der Waals surface area (Å²) >= 11 is 0. The van der Waals surface area contributed by atoms with Crippen LogP contribution in [0.2, 0.25) is 0 Å². The molecule has 7 nitrogen and oxygen atoms in total. The van der Waals surface area contributed by atoms with E-state index in [4.69, 9.17) is 14.2 Å². The van der Waals surface area contributed by atoms with Crippen LogP contribution in [0.5, 0.6) is 17.2 Å². The van der Waals surface area contributed by atoms with Crippen LogP contribution >= 0.6 is 0 Å². The summed E-state index contributed by atoms with van der Waals surface area (Å²) in [7, 11) is 3.06. The first kappa shape index (κ1) is 26.8. The van der Waals surface area contributed by atoms with Crippen molar-refractivity contribution in [2.75, 3.05) is 25.7 Å². The maximum Gasteiger partial charge on any atom is 0.300 e.